The van der Waals surface area contributed by atoms with Crippen molar-refractivity contribution < 1.29 is 41.0 Å². The number of aliphatic hydroxyl groups is 1. The highest BCUT2D eigenvalue weighted by Gasteiger charge is 2.74. The first kappa shape index (κ1) is 20.7. The van der Waals surface area contributed by atoms with Crippen LogP contribution in [0.2, 0.25) is 0 Å². The SMILES string of the molecule is CC(F)CN(CC=O)C(=O)C1(C(F)(F)F)CC(F)(F)C1.CO. The number of aldehydes is 1. The maximum Gasteiger partial charge on any atom is 0.403 e. The number of hydrogen-bond acceptors (Lipinski definition) is 3. The van der Waals surface area contributed by atoms with Crippen molar-refractivity contribution in [1.29, 1.82) is 0 Å². The first-order valence-corrected chi connectivity index (χ1v) is 6.21. The molecule has 0 aromatic carbocycles. The van der Waals surface area contributed by atoms with Crippen LogP contribution in [0.25, 0.3) is 0 Å². The predicted molar refractivity (Wildman–Crippen MR) is 64.0 cm³/mol. The van der Waals surface area contributed by atoms with Gasteiger partial charge in [-0.25, -0.2) is 13.2 Å². The molecule has 1 atom stereocenters. The number of aliphatic hydroxyl groups excluding tert-OH is 1. The van der Waals surface area contributed by atoms with Gasteiger partial charge in [0.05, 0.1) is 13.1 Å². The third-order valence-electron chi connectivity index (χ3n) is 3.13. The Morgan fingerprint density at radius 1 is 1.32 bits per heavy atom. The molecule has 0 radical (unpaired) electrons. The lowest BCUT2D eigenvalue weighted by atomic mass is 9.64. The Morgan fingerprint density at radius 2 is 1.77 bits per heavy atom. The molecule has 1 fully saturated rings. The van der Waals surface area contributed by atoms with Crippen LogP contribution in [0.15, 0.2) is 0 Å². The first-order valence-electron chi connectivity index (χ1n) is 6.21. The molecule has 1 unspecified atom stereocenters. The lowest BCUT2D eigenvalue weighted by Crippen LogP contribution is -2.63. The number of alkyl halides is 6. The largest absolute Gasteiger partial charge is 0.403 e. The highest BCUT2D eigenvalue weighted by Crippen LogP contribution is 2.60. The average Bonchev–Trinajstić information content (AvgIpc) is 2.34. The van der Waals surface area contributed by atoms with Gasteiger partial charge in [0.15, 0.2) is 5.41 Å². The van der Waals surface area contributed by atoms with E-state index in [-0.39, 0.29) is 6.29 Å². The maximum atomic E-state index is 12.9. The molecule has 0 aliphatic heterocycles. The molecule has 10 heteroatoms. The van der Waals surface area contributed by atoms with Crippen molar-refractivity contribution in [3.8, 4) is 0 Å². The molecule has 0 bridgehead atoms. The Morgan fingerprint density at radius 3 is 2.05 bits per heavy atom. The fraction of sp³-hybridized carbons (Fsp3) is 0.833. The molecule has 1 N–H and O–H groups in total. The van der Waals surface area contributed by atoms with Crippen LogP contribution in [0.1, 0.15) is 19.8 Å². The van der Waals surface area contributed by atoms with Gasteiger partial charge in [-0.15, -0.1) is 0 Å². The molecule has 22 heavy (non-hydrogen) atoms. The summed E-state index contributed by atoms with van der Waals surface area (Å²) in [7, 11) is 1.00. The zero-order valence-electron chi connectivity index (χ0n) is 12.0. The van der Waals surface area contributed by atoms with Crippen molar-refractivity contribution in [1.82, 2.24) is 4.90 Å². The molecule has 1 amide bonds. The zero-order valence-corrected chi connectivity index (χ0v) is 12.0. The lowest BCUT2D eigenvalue weighted by Gasteiger charge is -2.48. The van der Waals surface area contributed by atoms with Crippen LogP contribution in [-0.2, 0) is 9.59 Å². The molecule has 1 aliphatic rings. The van der Waals surface area contributed by atoms with Crippen LogP contribution in [0, 0.1) is 5.41 Å². The van der Waals surface area contributed by atoms with E-state index in [2.05, 4.69) is 0 Å². The van der Waals surface area contributed by atoms with Crippen molar-refractivity contribution in [2.24, 2.45) is 5.41 Å². The molecule has 0 aromatic heterocycles. The van der Waals surface area contributed by atoms with Crippen LogP contribution in [0.5, 0.6) is 0 Å². The number of carbonyl (C=O) groups is 2. The van der Waals surface area contributed by atoms with E-state index in [1.54, 1.807) is 0 Å². The van der Waals surface area contributed by atoms with Gasteiger partial charge in [0.2, 0.25) is 5.91 Å². The Hall–Kier alpha value is -1.32. The minimum absolute atomic E-state index is 0.126. The zero-order chi connectivity index (χ0) is 17.8. The summed E-state index contributed by atoms with van der Waals surface area (Å²) in [5.41, 5.74) is -3.23. The molecule has 1 saturated carbocycles. The van der Waals surface area contributed by atoms with Gasteiger partial charge in [-0.3, -0.25) is 4.79 Å². The molecule has 0 heterocycles. The lowest BCUT2D eigenvalue weighted by molar-refractivity contribution is -0.299. The van der Waals surface area contributed by atoms with Gasteiger partial charge < -0.3 is 14.8 Å². The molecule has 0 saturated heterocycles. The molecule has 130 valence electrons. The molecular weight excluding hydrogens is 320 g/mol. The standard InChI is InChI=1S/C11H13F6NO2.CH4O/c1-7(12)4-18(2-3-19)8(20)9(11(15,16)17)5-10(13,14)6-9;1-2/h3,7H,2,4-6H2,1H3;2H,1H3. The van der Waals surface area contributed by atoms with Crippen molar-refractivity contribution in [3.63, 3.8) is 0 Å². The first-order chi connectivity index (χ1) is 9.95. The van der Waals surface area contributed by atoms with Gasteiger partial charge in [-0.1, -0.05) is 0 Å². The number of halogens is 6. The summed E-state index contributed by atoms with van der Waals surface area (Å²) in [5.74, 6) is -5.26. The minimum Gasteiger partial charge on any atom is -0.400 e. The van der Waals surface area contributed by atoms with Crippen LogP contribution in [0.4, 0.5) is 26.3 Å². The van der Waals surface area contributed by atoms with Crippen LogP contribution in [0.3, 0.4) is 0 Å². The second-order valence-corrected chi connectivity index (χ2v) is 4.95. The molecule has 4 nitrogen and oxygen atoms in total. The monoisotopic (exact) mass is 337 g/mol. The summed E-state index contributed by atoms with van der Waals surface area (Å²) in [5, 5.41) is 7.00. The second kappa shape index (κ2) is 7.30. The topological polar surface area (TPSA) is 57.6 Å². The molecule has 0 aromatic rings. The van der Waals surface area contributed by atoms with Gasteiger partial charge in [0, 0.05) is 20.0 Å². The third-order valence-corrected chi connectivity index (χ3v) is 3.13. The summed E-state index contributed by atoms with van der Waals surface area (Å²) >= 11 is 0. The quantitative estimate of drug-likeness (QED) is 0.616. The summed E-state index contributed by atoms with van der Waals surface area (Å²) in [6.45, 7) is -0.530. The second-order valence-electron chi connectivity index (χ2n) is 4.95. The molecule has 0 spiro atoms. The van der Waals surface area contributed by atoms with Crippen molar-refractivity contribution >= 4 is 12.2 Å². The summed E-state index contributed by atoms with van der Waals surface area (Å²) < 4.78 is 77.3. The highest BCUT2D eigenvalue weighted by atomic mass is 19.4. The number of rotatable bonds is 5. The Kier molecular flexibility index (Phi) is 6.86. The molecule has 1 rings (SSSR count). The maximum absolute atomic E-state index is 12.9. The smallest absolute Gasteiger partial charge is 0.400 e. The van der Waals surface area contributed by atoms with E-state index in [9.17, 15) is 35.9 Å². The van der Waals surface area contributed by atoms with Gasteiger partial charge in [0.1, 0.15) is 12.5 Å². The van der Waals surface area contributed by atoms with Crippen LogP contribution < -0.4 is 0 Å². The predicted octanol–water partition coefficient (Wildman–Crippen LogP) is 1.96. The van der Waals surface area contributed by atoms with E-state index in [1.807, 2.05) is 0 Å². The van der Waals surface area contributed by atoms with Gasteiger partial charge in [-0.05, 0) is 6.92 Å². The van der Waals surface area contributed by atoms with E-state index < -0.39 is 55.5 Å². The normalized spacial score (nSPS) is 20.0. The molecular formula is C12H17F6NO3. The minimum atomic E-state index is -5.17. The van der Waals surface area contributed by atoms with Crippen molar-refractivity contribution in [2.45, 2.75) is 38.0 Å². The molecule has 1 aliphatic carbocycles. The van der Waals surface area contributed by atoms with Gasteiger partial charge in [-0.2, -0.15) is 13.2 Å². The number of hydrogen-bond donors (Lipinski definition) is 1. The van der Waals surface area contributed by atoms with Crippen LogP contribution >= 0.6 is 0 Å². The number of carbonyl (C=O) groups excluding carboxylic acids is 2. The van der Waals surface area contributed by atoms with E-state index >= 15 is 0 Å². The number of nitrogens with zero attached hydrogens (tertiary/aromatic N) is 1. The van der Waals surface area contributed by atoms with Crippen LogP contribution in [-0.4, -0.2) is 60.7 Å². The van der Waals surface area contributed by atoms with E-state index in [4.69, 9.17) is 5.11 Å². The van der Waals surface area contributed by atoms with Crippen molar-refractivity contribution in [3.05, 3.63) is 0 Å². The Balaban J connectivity index is 0.00000211. The third kappa shape index (κ3) is 4.34. The summed E-state index contributed by atoms with van der Waals surface area (Å²) in [6.07, 6.45) is -10.1. The number of amides is 1. The Bertz CT molecular complexity index is 389. The Labute approximate surface area is 123 Å². The van der Waals surface area contributed by atoms with Gasteiger partial charge in [0.25, 0.3) is 5.92 Å². The van der Waals surface area contributed by atoms with Crippen molar-refractivity contribution in [2.75, 3.05) is 20.2 Å². The fourth-order valence-electron chi connectivity index (χ4n) is 2.24. The highest BCUT2D eigenvalue weighted by molar-refractivity contribution is 5.86. The van der Waals surface area contributed by atoms with Gasteiger partial charge >= 0.3 is 6.18 Å². The fourth-order valence-corrected chi connectivity index (χ4v) is 2.24. The summed E-state index contributed by atoms with van der Waals surface area (Å²) in [4.78, 5) is 22.6. The average molecular weight is 337 g/mol. The van der Waals surface area contributed by atoms with E-state index in [0.717, 1.165) is 14.0 Å². The van der Waals surface area contributed by atoms with E-state index in [1.165, 1.54) is 0 Å². The van der Waals surface area contributed by atoms with E-state index in [0.29, 0.717) is 4.90 Å². The summed E-state index contributed by atoms with van der Waals surface area (Å²) in [6, 6.07) is 0.